The highest BCUT2D eigenvalue weighted by Crippen LogP contribution is 2.15. The second-order valence-corrected chi connectivity index (χ2v) is 5.47. The minimum atomic E-state index is -0.182. The van der Waals surface area contributed by atoms with Crippen molar-refractivity contribution in [3.63, 3.8) is 0 Å². The molecule has 0 aliphatic carbocycles. The van der Waals surface area contributed by atoms with E-state index in [0.717, 1.165) is 28.5 Å². The van der Waals surface area contributed by atoms with E-state index in [2.05, 4.69) is 14.9 Å². The highest BCUT2D eigenvalue weighted by molar-refractivity contribution is 7.80. The van der Waals surface area contributed by atoms with Crippen molar-refractivity contribution in [2.75, 3.05) is 5.32 Å². The first kappa shape index (κ1) is 14.5. The van der Waals surface area contributed by atoms with Crippen molar-refractivity contribution in [3.8, 4) is 0 Å². The summed E-state index contributed by atoms with van der Waals surface area (Å²) in [6.07, 6.45) is 1.24. The molecule has 1 aromatic carbocycles. The summed E-state index contributed by atoms with van der Waals surface area (Å²) in [5.41, 5.74) is 7.95. The first-order valence-corrected chi connectivity index (χ1v) is 7.28. The third kappa shape index (κ3) is 3.58. The smallest absolute Gasteiger partial charge is 0.269 e. The van der Waals surface area contributed by atoms with E-state index in [9.17, 15) is 4.79 Å². The van der Waals surface area contributed by atoms with Gasteiger partial charge in [-0.05, 0) is 35.6 Å². The number of aryl methyl sites for hydroxylation is 1. The summed E-state index contributed by atoms with van der Waals surface area (Å²) < 4.78 is 3.81. The van der Waals surface area contributed by atoms with Crippen LogP contribution in [0.1, 0.15) is 27.9 Å². The molecule has 0 fully saturated rings. The minimum absolute atomic E-state index is 0.182. The highest BCUT2D eigenvalue weighted by Gasteiger charge is 2.14. The molecule has 2 rings (SSSR count). The maximum absolute atomic E-state index is 12.1. The second kappa shape index (κ2) is 6.53. The first-order valence-electron chi connectivity index (χ1n) is 6.10. The van der Waals surface area contributed by atoms with E-state index < -0.39 is 0 Å². The molecule has 0 radical (unpaired) electrons. The van der Waals surface area contributed by atoms with Crippen LogP contribution in [-0.2, 0) is 12.8 Å². The maximum atomic E-state index is 12.1. The van der Waals surface area contributed by atoms with Crippen LogP contribution in [0.15, 0.2) is 24.3 Å². The number of nitrogens with two attached hydrogens (primary N) is 1. The number of hydrogen-bond donors (Lipinski definition) is 2. The SMILES string of the molecule is CCc1nnsc1C(=O)Nc1ccc(CC(N)=S)cc1. The van der Waals surface area contributed by atoms with Gasteiger partial charge in [-0.1, -0.05) is 35.8 Å². The molecule has 1 aromatic heterocycles. The van der Waals surface area contributed by atoms with E-state index in [-0.39, 0.29) is 5.91 Å². The highest BCUT2D eigenvalue weighted by atomic mass is 32.1. The van der Waals surface area contributed by atoms with Gasteiger partial charge in [0, 0.05) is 12.1 Å². The number of rotatable bonds is 5. The Morgan fingerprint density at radius 1 is 1.40 bits per heavy atom. The van der Waals surface area contributed by atoms with Gasteiger partial charge in [0.05, 0.1) is 10.7 Å². The van der Waals surface area contributed by atoms with Gasteiger partial charge in [-0.15, -0.1) is 5.10 Å². The fourth-order valence-electron chi connectivity index (χ4n) is 1.71. The van der Waals surface area contributed by atoms with Gasteiger partial charge < -0.3 is 11.1 Å². The zero-order valence-corrected chi connectivity index (χ0v) is 12.6. The standard InChI is InChI=1S/C13H14N4OS2/c1-2-10-12(20-17-16-10)13(18)15-9-5-3-8(4-6-9)7-11(14)19/h3-6H,2,7H2,1H3,(H2,14,19)(H,15,18). The summed E-state index contributed by atoms with van der Waals surface area (Å²) in [6, 6.07) is 7.43. The molecule has 0 aliphatic rings. The predicted octanol–water partition coefficient (Wildman–Crippen LogP) is 2.18. The van der Waals surface area contributed by atoms with Gasteiger partial charge in [0.1, 0.15) is 4.88 Å². The number of carbonyl (C=O) groups excluding carboxylic acids is 1. The molecule has 3 N–H and O–H groups in total. The Balaban J connectivity index is 2.06. The van der Waals surface area contributed by atoms with Crippen LogP contribution in [0.2, 0.25) is 0 Å². The van der Waals surface area contributed by atoms with E-state index in [4.69, 9.17) is 18.0 Å². The zero-order chi connectivity index (χ0) is 14.5. The Hall–Kier alpha value is -1.86. The summed E-state index contributed by atoms with van der Waals surface area (Å²) >= 11 is 5.96. The number of benzene rings is 1. The van der Waals surface area contributed by atoms with Gasteiger partial charge in [0.25, 0.3) is 5.91 Å². The van der Waals surface area contributed by atoms with Crippen molar-refractivity contribution in [2.24, 2.45) is 5.73 Å². The normalized spacial score (nSPS) is 10.2. The lowest BCUT2D eigenvalue weighted by Gasteiger charge is -2.05. The Labute approximate surface area is 126 Å². The monoisotopic (exact) mass is 306 g/mol. The molecule has 104 valence electrons. The van der Waals surface area contributed by atoms with Crippen molar-refractivity contribution in [1.29, 1.82) is 0 Å². The van der Waals surface area contributed by atoms with E-state index in [0.29, 0.717) is 22.7 Å². The molecule has 1 amide bonds. The zero-order valence-electron chi connectivity index (χ0n) is 10.9. The predicted molar refractivity (Wildman–Crippen MR) is 84.2 cm³/mol. The van der Waals surface area contributed by atoms with Crippen molar-refractivity contribution < 1.29 is 4.79 Å². The molecular formula is C13H14N4OS2. The molecule has 0 atom stereocenters. The molecule has 0 saturated heterocycles. The summed E-state index contributed by atoms with van der Waals surface area (Å²) in [5.74, 6) is -0.182. The van der Waals surface area contributed by atoms with Crippen molar-refractivity contribution in [2.45, 2.75) is 19.8 Å². The van der Waals surface area contributed by atoms with Gasteiger partial charge in [0.15, 0.2) is 0 Å². The topological polar surface area (TPSA) is 80.9 Å². The van der Waals surface area contributed by atoms with E-state index in [1.165, 1.54) is 0 Å². The van der Waals surface area contributed by atoms with Crippen molar-refractivity contribution >= 4 is 40.3 Å². The minimum Gasteiger partial charge on any atom is -0.393 e. The average molecular weight is 306 g/mol. The van der Waals surface area contributed by atoms with Crippen molar-refractivity contribution in [1.82, 2.24) is 9.59 Å². The molecule has 0 aliphatic heterocycles. The van der Waals surface area contributed by atoms with Gasteiger partial charge >= 0.3 is 0 Å². The summed E-state index contributed by atoms with van der Waals surface area (Å²) in [6.45, 7) is 1.94. The Morgan fingerprint density at radius 3 is 2.70 bits per heavy atom. The molecule has 0 saturated carbocycles. The van der Waals surface area contributed by atoms with Crippen LogP contribution in [0.4, 0.5) is 5.69 Å². The van der Waals surface area contributed by atoms with E-state index in [1.807, 2.05) is 31.2 Å². The Morgan fingerprint density at radius 2 is 2.10 bits per heavy atom. The van der Waals surface area contributed by atoms with Gasteiger partial charge in [-0.3, -0.25) is 4.79 Å². The number of amides is 1. The molecule has 0 unspecified atom stereocenters. The third-order valence-corrected chi connectivity index (χ3v) is 3.60. The second-order valence-electron chi connectivity index (χ2n) is 4.20. The Kier molecular flexibility index (Phi) is 4.75. The largest absolute Gasteiger partial charge is 0.393 e. The van der Waals surface area contributed by atoms with Crippen LogP contribution in [0.25, 0.3) is 0 Å². The van der Waals surface area contributed by atoms with Crippen LogP contribution in [0.3, 0.4) is 0 Å². The number of nitrogens with one attached hydrogen (secondary N) is 1. The fourth-order valence-corrected chi connectivity index (χ4v) is 2.52. The van der Waals surface area contributed by atoms with Gasteiger partial charge in [-0.25, -0.2) is 0 Å². The summed E-state index contributed by atoms with van der Waals surface area (Å²) in [4.78, 5) is 13.1. The number of nitrogens with zero attached hydrogens (tertiary/aromatic N) is 2. The third-order valence-electron chi connectivity index (χ3n) is 2.69. The quantitative estimate of drug-likeness (QED) is 0.828. The van der Waals surface area contributed by atoms with Crippen LogP contribution in [0, 0.1) is 0 Å². The lowest BCUT2D eigenvalue weighted by Crippen LogP contribution is -2.13. The first-order chi connectivity index (χ1) is 9.60. The molecule has 2 aromatic rings. The van der Waals surface area contributed by atoms with Crippen molar-refractivity contribution in [3.05, 3.63) is 40.4 Å². The van der Waals surface area contributed by atoms with Crippen LogP contribution in [-0.4, -0.2) is 20.5 Å². The molecule has 0 spiro atoms. The van der Waals surface area contributed by atoms with Crippen LogP contribution < -0.4 is 11.1 Å². The number of hydrogen-bond acceptors (Lipinski definition) is 5. The molecule has 0 bridgehead atoms. The average Bonchev–Trinajstić information content (AvgIpc) is 2.89. The maximum Gasteiger partial charge on any atom is 0.269 e. The molecular weight excluding hydrogens is 292 g/mol. The molecule has 1 heterocycles. The van der Waals surface area contributed by atoms with Crippen LogP contribution in [0.5, 0.6) is 0 Å². The number of aromatic nitrogens is 2. The summed E-state index contributed by atoms with van der Waals surface area (Å²) in [7, 11) is 0. The Bertz CT molecular complexity index is 622. The van der Waals surface area contributed by atoms with Crippen LogP contribution >= 0.6 is 23.8 Å². The van der Waals surface area contributed by atoms with Gasteiger partial charge in [0.2, 0.25) is 0 Å². The molecule has 5 nitrogen and oxygen atoms in total. The van der Waals surface area contributed by atoms with Gasteiger partial charge in [-0.2, -0.15) is 0 Å². The lowest BCUT2D eigenvalue weighted by atomic mass is 10.1. The number of thiocarbonyl (C=S) groups is 1. The van der Waals surface area contributed by atoms with E-state index >= 15 is 0 Å². The number of anilines is 1. The fraction of sp³-hybridized carbons (Fsp3) is 0.231. The van der Waals surface area contributed by atoms with E-state index in [1.54, 1.807) is 0 Å². The summed E-state index contributed by atoms with van der Waals surface area (Å²) in [5, 5.41) is 6.75. The lowest BCUT2D eigenvalue weighted by molar-refractivity contribution is 0.102. The molecule has 20 heavy (non-hydrogen) atoms. The number of carbonyl (C=O) groups is 1. The molecule has 7 heteroatoms.